The molecule has 0 spiro atoms. The number of rotatable bonds is 6. The summed E-state index contributed by atoms with van der Waals surface area (Å²) in [5.41, 5.74) is 7.23. The second-order valence-corrected chi connectivity index (χ2v) is 6.02. The summed E-state index contributed by atoms with van der Waals surface area (Å²) in [6.07, 6.45) is -3.02. The molecule has 1 saturated carbocycles. The second-order valence-electron chi connectivity index (χ2n) is 5.00. The van der Waals surface area contributed by atoms with Gasteiger partial charge in [-0.1, -0.05) is 0 Å². The molecule has 1 aliphatic rings. The molecule has 1 aliphatic carbocycles. The van der Waals surface area contributed by atoms with Crippen molar-refractivity contribution in [2.75, 3.05) is 24.7 Å². The van der Waals surface area contributed by atoms with E-state index in [2.05, 4.69) is 10.1 Å². The molecule has 0 amide bonds. The Balaban J connectivity index is 2.06. The Kier molecular flexibility index (Phi) is 4.65. The van der Waals surface area contributed by atoms with Gasteiger partial charge in [-0.25, -0.2) is 4.79 Å². The number of nitrogens with one attached hydrogen (secondary N) is 1. The lowest BCUT2D eigenvalue weighted by Gasteiger charge is -2.09. The Labute approximate surface area is 124 Å². The third-order valence-corrected chi connectivity index (χ3v) is 4.42. The van der Waals surface area contributed by atoms with Crippen molar-refractivity contribution in [3.05, 3.63) is 10.4 Å². The van der Waals surface area contributed by atoms with E-state index in [-0.39, 0.29) is 13.0 Å². The Morgan fingerprint density at radius 3 is 2.67 bits per heavy atom. The topological polar surface area (TPSA) is 64.3 Å². The van der Waals surface area contributed by atoms with Crippen LogP contribution in [0.4, 0.5) is 23.9 Å². The number of methoxy groups -OCH3 is 1. The summed E-state index contributed by atoms with van der Waals surface area (Å²) in [5.74, 6) is -0.215. The smallest absolute Gasteiger partial charge is 0.389 e. The Hall–Kier alpha value is -1.44. The number of alkyl halides is 3. The molecule has 1 aromatic heterocycles. The van der Waals surface area contributed by atoms with Gasteiger partial charge in [0, 0.05) is 18.5 Å². The van der Waals surface area contributed by atoms with Gasteiger partial charge in [0.25, 0.3) is 0 Å². The molecule has 0 atom stereocenters. The molecule has 8 heteroatoms. The predicted molar refractivity (Wildman–Crippen MR) is 75.8 cm³/mol. The van der Waals surface area contributed by atoms with Crippen LogP contribution >= 0.6 is 11.3 Å². The first-order valence-electron chi connectivity index (χ1n) is 6.64. The number of esters is 1. The van der Waals surface area contributed by atoms with Crippen LogP contribution in [0.2, 0.25) is 0 Å². The standard InChI is InChI=1S/C13H17F3N2O2S/c1-20-12(19)10-9(17)8(7-3-4-7)11(21-10)18-6-2-5-13(14,15)16/h7,18H,2-6,17H2,1H3. The molecule has 21 heavy (non-hydrogen) atoms. The zero-order valence-electron chi connectivity index (χ0n) is 11.5. The fraction of sp³-hybridized carbons (Fsp3) is 0.615. The lowest BCUT2D eigenvalue weighted by atomic mass is 10.1. The van der Waals surface area contributed by atoms with Crippen molar-refractivity contribution in [1.29, 1.82) is 0 Å². The summed E-state index contributed by atoms with van der Waals surface area (Å²) in [5, 5.41) is 3.67. The SMILES string of the molecule is COC(=O)c1sc(NCCCC(F)(F)F)c(C2CC2)c1N. The molecule has 0 aromatic carbocycles. The van der Waals surface area contributed by atoms with E-state index in [4.69, 9.17) is 5.73 Å². The van der Waals surface area contributed by atoms with E-state index in [0.717, 1.165) is 29.7 Å². The van der Waals surface area contributed by atoms with Crippen molar-refractivity contribution in [2.24, 2.45) is 0 Å². The number of thiophene rings is 1. The second kappa shape index (κ2) is 6.13. The van der Waals surface area contributed by atoms with Gasteiger partial charge in [0.1, 0.15) is 4.88 Å². The molecule has 0 saturated heterocycles. The summed E-state index contributed by atoms with van der Waals surface area (Å²) >= 11 is 1.15. The third-order valence-electron chi connectivity index (χ3n) is 3.26. The van der Waals surface area contributed by atoms with E-state index < -0.39 is 18.6 Å². The highest BCUT2D eigenvalue weighted by atomic mass is 32.1. The monoisotopic (exact) mass is 322 g/mol. The largest absolute Gasteiger partial charge is 0.465 e. The lowest BCUT2D eigenvalue weighted by Crippen LogP contribution is -2.11. The number of anilines is 2. The first kappa shape index (κ1) is 15.9. The molecule has 3 N–H and O–H groups in total. The van der Waals surface area contributed by atoms with E-state index in [0.29, 0.717) is 21.5 Å². The fourth-order valence-electron chi connectivity index (χ4n) is 2.10. The van der Waals surface area contributed by atoms with Gasteiger partial charge in [-0.2, -0.15) is 13.2 Å². The average molecular weight is 322 g/mol. The van der Waals surface area contributed by atoms with Crippen molar-refractivity contribution < 1.29 is 22.7 Å². The van der Waals surface area contributed by atoms with Crippen LogP contribution < -0.4 is 11.1 Å². The van der Waals surface area contributed by atoms with Gasteiger partial charge in [-0.3, -0.25) is 0 Å². The molecule has 4 nitrogen and oxygen atoms in total. The zero-order valence-corrected chi connectivity index (χ0v) is 12.4. The molecule has 118 valence electrons. The van der Waals surface area contributed by atoms with Crippen molar-refractivity contribution in [3.63, 3.8) is 0 Å². The van der Waals surface area contributed by atoms with E-state index in [1.165, 1.54) is 7.11 Å². The fourth-order valence-corrected chi connectivity index (χ4v) is 3.25. The van der Waals surface area contributed by atoms with Crippen molar-refractivity contribution in [1.82, 2.24) is 0 Å². The maximum atomic E-state index is 12.1. The normalized spacial score (nSPS) is 15.0. The summed E-state index contributed by atoms with van der Waals surface area (Å²) in [7, 11) is 1.27. The third kappa shape index (κ3) is 4.03. The minimum absolute atomic E-state index is 0.0149. The minimum atomic E-state index is -4.15. The van der Waals surface area contributed by atoms with Crippen LogP contribution in [0, 0.1) is 0 Å². The summed E-state index contributed by atoms with van der Waals surface area (Å²) in [6, 6.07) is 0. The maximum Gasteiger partial charge on any atom is 0.389 e. The van der Waals surface area contributed by atoms with Crippen LogP contribution in [0.1, 0.15) is 46.8 Å². The quantitative estimate of drug-likeness (QED) is 0.618. The summed E-state index contributed by atoms with van der Waals surface area (Å²) < 4.78 is 41.0. The number of carbonyl (C=O) groups excluding carboxylic acids is 1. The molecule has 0 bridgehead atoms. The van der Waals surface area contributed by atoms with Crippen molar-refractivity contribution >= 4 is 28.0 Å². The summed E-state index contributed by atoms with van der Waals surface area (Å²) in [6.45, 7) is 0.194. The number of hydrogen-bond donors (Lipinski definition) is 2. The van der Waals surface area contributed by atoms with E-state index >= 15 is 0 Å². The zero-order chi connectivity index (χ0) is 15.6. The van der Waals surface area contributed by atoms with E-state index in [1.54, 1.807) is 0 Å². The van der Waals surface area contributed by atoms with Crippen LogP contribution in [0.3, 0.4) is 0 Å². The predicted octanol–water partition coefficient (Wildman–Crippen LogP) is 3.75. The van der Waals surface area contributed by atoms with Gasteiger partial charge in [-0.15, -0.1) is 11.3 Å². The molecular weight excluding hydrogens is 305 g/mol. The first-order valence-corrected chi connectivity index (χ1v) is 7.46. The average Bonchev–Trinajstić information content (AvgIpc) is 3.18. The molecule has 0 aliphatic heterocycles. The number of nitrogens with two attached hydrogens (primary N) is 1. The number of halogens is 3. The van der Waals surface area contributed by atoms with Crippen LogP contribution in [0.5, 0.6) is 0 Å². The highest BCUT2D eigenvalue weighted by Gasteiger charge is 2.33. The Morgan fingerprint density at radius 2 is 2.14 bits per heavy atom. The molecule has 2 rings (SSSR count). The van der Waals surface area contributed by atoms with Crippen LogP contribution in [-0.4, -0.2) is 25.8 Å². The lowest BCUT2D eigenvalue weighted by molar-refractivity contribution is -0.134. The molecule has 1 heterocycles. The molecule has 0 radical (unpaired) electrons. The van der Waals surface area contributed by atoms with Gasteiger partial charge in [0.2, 0.25) is 0 Å². The molecule has 0 unspecified atom stereocenters. The van der Waals surface area contributed by atoms with Gasteiger partial charge in [0.05, 0.1) is 17.8 Å². The maximum absolute atomic E-state index is 12.1. The minimum Gasteiger partial charge on any atom is -0.465 e. The molecular formula is C13H17F3N2O2S. The van der Waals surface area contributed by atoms with Gasteiger partial charge >= 0.3 is 12.1 Å². The number of hydrogen-bond acceptors (Lipinski definition) is 5. The van der Waals surface area contributed by atoms with E-state index in [9.17, 15) is 18.0 Å². The highest BCUT2D eigenvalue weighted by Crippen LogP contribution is 2.50. The number of ether oxygens (including phenoxy) is 1. The van der Waals surface area contributed by atoms with Gasteiger partial charge in [0.15, 0.2) is 0 Å². The van der Waals surface area contributed by atoms with E-state index in [1.807, 2.05) is 0 Å². The Bertz CT molecular complexity index is 524. The van der Waals surface area contributed by atoms with Crippen LogP contribution in [0.25, 0.3) is 0 Å². The van der Waals surface area contributed by atoms with Crippen LogP contribution in [-0.2, 0) is 4.74 Å². The van der Waals surface area contributed by atoms with Gasteiger partial charge < -0.3 is 15.8 Å². The summed E-state index contributed by atoms with van der Waals surface area (Å²) in [4.78, 5) is 12.0. The Morgan fingerprint density at radius 1 is 1.48 bits per heavy atom. The number of nitrogen functional groups attached to an aromatic ring is 1. The van der Waals surface area contributed by atoms with Crippen LogP contribution in [0.15, 0.2) is 0 Å². The molecule has 1 aromatic rings. The first-order chi connectivity index (χ1) is 9.83. The van der Waals surface area contributed by atoms with Crippen molar-refractivity contribution in [3.8, 4) is 0 Å². The molecule has 1 fully saturated rings. The van der Waals surface area contributed by atoms with Crippen molar-refractivity contribution in [2.45, 2.75) is 37.8 Å². The van der Waals surface area contributed by atoms with Gasteiger partial charge in [-0.05, 0) is 25.2 Å². The highest BCUT2D eigenvalue weighted by molar-refractivity contribution is 7.18. The number of carbonyl (C=O) groups is 1.